The minimum atomic E-state index is -3.19. The molecule has 0 radical (unpaired) electrons. The van der Waals surface area contributed by atoms with E-state index in [0.29, 0.717) is 4.90 Å². The number of hydrogen-bond acceptors (Lipinski definition) is 2. The third-order valence-corrected chi connectivity index (χ3v) is 6.06. The molecule has 130 valence electrons. The predicted octanol–water partition coefficient (Wildman–Crippen LogP) is 5.66. The third-order valence-electron chi connectivity index (χ3n) is 4.26. The lowest BCUT2D eigenvalue weighted by Gasteiger charge is -2.08. The summed E-state index contributed by atoms with van der Waals surface area (Å²) in [5.74, 6) is 0.242. The fraction of sp³-hybridized carbons (Fsp3) is 0.429. The molecule has 24 heavy (non-hydrogen) atoms. The second-order valence-corrected chi connectivity index (χ2v) is 8.47. The Hall–Kier alpha value is -1.61. The van der Waals surface area contributed by atoms with Crippen molar-refractivity contribution in [1.29, 1.82) is 0 Å². The molecule has 0 aromatic heterocycles. The van der Waals surface area contributed by atoms with Crippen LogP contribution in [-0.2, 0) is 16.3 Å². The monoisotopic (exact) mass is 344 g/mol. The van der Waals surface area contributed by atoms with Gasteiger partial charge in [0.15, 0.2) is 9.84 Å². The zero-order valence-electron chi connectivity index (χ0n) is 14.8. The molecule has 3 heteroatoms. The van der Waals surface area contributed by atoms with Crippen molar-refractivity contribution in [2.75, 3.05) is 5.75 Å². The number of hydrogen-bond donors (Lipinski definition) is 0. The van der Waals surface area contributed by atoms with Crippen LogP contribution in [0, 0.1) is 0 Å². The molecular formula is C21H28O2S. The molecule has 0 fully saturated rings. The SMILES string of the molecule is CCCCCCS(=O)(=O)c1cccc(-c2cccc(CCC)c2)c1. The first-order chi connectivity index (χ1) is 11.6. The number of aryl methyl sites for hydroxylation is 1. The normalized spacial score (nSPS) is 11.6. The minimum Gasteiger partial charge on any atom is -0.224 e. The molecule has 0 amide bonds. The van der Waals surface area contributed by atoms with Gasteiger partial charge in [-0.3, -0.25) is 0 Å². The summed E-state index contributed by atoms with van der Waals surface area (Å²) in [6.45, 7) is 4.29. The van der Waals surface area contributed by atoms with Crippen LogP contribution < -0.4 is 0 Å². The maximum atomic E-state index is 12.5. The molecule has 0 spiro atoms. The summed E-state index contributed by atoms with van der Waals surface area (Å²) in [5.41, 5.74) is 3.36. The summed E-state index contributed by atoms with van der Waals surface area (Å²) in [7, 11) is -3.19. The lowest BCUT2D eigenvalue weighted by atomic mass is 10.0. The molecule has 2 aromatic rings. The van der Waals surface area contributed by atoms with Crippen LogP contribution in [0.1, 0.15) is 51.5 Å². The lowest BCUT2D eigenvalue weighted by Crippen LogP contribution is -2.07. The van der Waals surface area contributed by atoms with E-state index in [0.717, 1.165) is 49.7 Å². The highest BCUT2D eigenvalue weighted by atomic mass is 32.2. The molecule has 2 aromatic carbocycles. The van der Waals surface area contributed by atoms with Gasteiger partial charge in [-0.25, -0.2) is 8.42 Å². The summed E-state index contributed by atoms with van der Waals surface area (Å²) < 4.78 is 25.1. The second kappa shape index (κ2) is 9.03. The Bertz CT molecular complexity index is 748. The van der Waals surface area contributed by atoms with Crippen molar-refractivity contribution in [1.82, 2.24) is 0 Å². The lowest BCUT2D eigenvalue weighted by molar-refractivity contribution is 0.589. The smallest absolute Gasteiger partial charge is 0.178 e. The summed E-state index contributed by atoms with van der Waals surface area (Å²) in [4.78, 5) is 0.442. The first-order valence-electron chi connectivity index (χ1n) is 8.99. The van der Waals surface area contributed by atoms with Gasteiger partial charge in [-0.15, -0.1) is 0 Å². The summed E-state index contributed by atoms with van der Waals surface area (Å²) >= 11 is 0. The van der Waals surface area contributed by atoms with Crippen LogP contribution in [-0.4, -0.2) is 14.2 Å². The Labute approximate surface area is 146 Å². The van der Waals surface area contributed by atoms with Gasteiger partial charge in [0.05, 0.1) is 10.6 Å². The van der Waals surface area contributed by atoms with Crippen LogP contribution in [0.5, 0.6) is 0 Å². The van der Waals surface area contributed by atoms with Gasteiger partial charge in [-0.05, 0) is 41.7 Å². The second-order valence-electron chi connectivity index (χ2n) is 6.36. The number of sulfone groups is 1. The van der Waals surface area contributed by atoms with Gasteiger partial charge in [0.25, 0.3) is 0 Å². The van der Waals surface area contributed by atoms with Crippen molar-refractivity contribution >= 4 is 9.84 Å². The summed E-state index contributed by atoms with van der Waals surface area (Å²) in [5, 5.41) is 0. The Morgan fingerprint density at radius 1 is 0.792 bits per heavy atom. The van der Waals surface area contributed by atoms with E-state index in [4.69, 9.17) is 0 Å². The van der Waals surface area contributed by atoms with Crippen LogP contribution >= 0.6 is 0 Å². The van der Waals surface area contributed by atoms with Gasteiger partial charge in [-0.2, -0.15) is 0 Å². The van der Waals surface area contributed by atoms with Crippen molar-refractivity contribution in [2.24, 2.45) is 0 Å². The fourth-order valence-corrected chi connectivity index (χ4v) is 4.31. The quantitative estimate of drug-likeness (QED) is 0.550. The summed E-state index contributed by atoms with van der Waals surface area (Å²) in [6.07, 6.45) is 6.09. The predicted molar refractivity (Wildman–Crippen MR) is 102 cm³/mol. The number of rotatable bonds is 9. The molecule has 0 unspecified atom stereocenters. The van der Waals surface area contributed by atoms with E-state index < -0.39 is 9.84 Å². The largest absolute Gasteiger partial charge is 0.224 e. The minimum absolute atomic E-state index is 0.242. The molecule has 0 N–H and O–H groups in total. The van der Waals surface area contributed by atoms with Crippen molar-refractivity contribution in [3.8, 4) is 11.1 Å². The molecule has 2 rings (SSSR count). The highest BCUT2D eigenvalue weighted by Gasteiger charge is 2.14. The van der Waals surface area contributed by atoms with E-state index in [2.05, 4.69) is 26.0 Å². The van der Waals surface area contributed by atoms with E-state index in [1.54, 1.807) is 6.07 Å². The molecule has 0 saturated heterocycles. The molecule has 0 atom stereocenters. The molecular weight excluding hydrogens is 316 g/mol. The van der Waals surface area contributed by atoms with Crippen LogP contribution in [0.15, 0.2) is 53.4 Å². The molecule has 0 heterocycles. The average Bonchev–Trinajstić information content (AvgIpc) is 2.59. The highest BCUT2D eigenvalue weighted by molar-refractivity contribution is 7.91. The molecule has 2 nitrogen and oxygen atoms in total. The van der Waals surface area contributed by atoms with E-state index >= 15 is 0 Å². The Balaban J connectivity index is 2.20. The first kappa shape index (κ1) is 18.7. The molecule has 0 saturated carbocycles. The average molecular weight is 345 g/mol. The van der Waals surface area contributed by atoms with E-state index in [1.165, 1.54) is 5.56 Å². The molecule has 0 bridgehead atoms. The molecule has 0 aliphatic carbocycles. The summed E-state index contributed by atoms with van der Waals surface area (Å²) in [6, 6.07) is 15.8. The van der Waals surface area contributed by atoms with E-state index in [9.17, 15) is 8.42 Å². The van der Waals surface area contributed by atoms with Crippen LogP contribution in [0.2, 0.25) is 0 Å². The van der Waals surface area contributed by atoms with E-state index in [-0.39, 0.29) is 5.75 Å². The fourth-order valence-electron chi connectivity index (χ4n) is 2.90. The van der Waals surface area contributed by atoms with Crippen LogP contribution in [0.3, 0.4) is 0 Å². The Morgan fingerprint density at radius 2 is 1.50 bits per heavy atom. The molecule has 0 aliphatic rings. The standard InChI is InChI=1S/C21H28O2S/c1-3-5-6-7-15-24(22,23)21-14-9-13-20(17-21)19-12-8-11-18(16-19)10-4-2/h8-9,11-14,16-17H,3-7,10,15H2,1-2H3. The Kier molecular flexibility index (Phi) is 7.04. The van der Waals surface area contributed by atoms with Crippen molar-refractivity contribution in [2.45, 2.75) is 57.3 Å². The van der Waals surface area contributed by atoms with Crippen LogP contribution in [0.4, 0.5) is 0 Å². The van der Waals surface area contributed by atoms with Gasteiger partial charge in [0, 0.05) is 0 Å². The van der Waals surface area contributed by atoms with Gasteiger partial charge >= 0.3 is 0 Å². The number of unbranched alkanes of at least 4 members (excludes halogenated alkanes) is 3. The first-order valence-corrected chi connectivity index (χ1v) is 10.6. The van der Waals surface area contributed by atoms with Gasteiger partial charge in [0.1, 0.15) is 0 Å². The maximum absolute atomic E-state index is 12.5. The van der Waals surface area contributed by atoms with Gasteiger partial charge in [-0.1, -0.05) is 75.9 Å². The van der Waals surface area contributed by atoms with Crippen LogP contribution in [0.25, 0.3) is 11.1 Å². The zero-order chi connectivity index (χ0) is 17.4. The maximum Gasteiger partial charge on any atom is 0.178 e. The van der Waals surface area contributed by atoms with Gasteiger partial charge < -0.3 is 0 Å². The Morgan fingerprint density at radius 3 is 2.21 bits per heavy atom. The third kappa shape index (κ3) is 5.20. The topological polar surface area (TPSA) is 34.1 Å². The van der Waals surface area contributed by atoms with Crippen molar-refractivity contribution in [3.63, 3.8) is 0 Å². The number of benzene rings is 2. The zero-order valence-corrected chi connectivity index (χ0v) is 15.6. The van der Waals surface area contributed by atoms with Gasteiger partial charge in [0.2, 0.25) is 0 Å². The molecule has 0 aliphatic heterocycles. The van der Waals surface area contributed by atoms with Crippen molar-refractivity contribution in [3.05, 3.63) is 54.1 Å². The van der Waals surface area contributed by atoms with Crippen molar-refractivity contribution < 1.29 is 8.42 Å². The van der Waals surface area contributed by atoms with E-state index in [1.807, 2.05) is 30.3 Å². The highest BCUT2D eigenvalue weighted by Crippen LogP contribution is 2.25.